The highest BCUT2D eigenvalue weighted by atomic mass is 16.5. The highest BCUT2D eigenvalue weighted by Gasteiger charge is 2.33. The first-order valence-corrected chi connectivity index (χ1v) is 9.05. The monoisotopic (exact) mass is 366 g/mol. The van der Waals surface area contributed by atoms with E-state index in [0.29, 0.717) is 37.6 Å². The third-order valence-corrected chi connectivity index (χ3v) is 5.32. The van der Waals surface area contributed by atoms with Gasteiger partial charge in [-0.3, -0.25) is 9.59 Å². The Kier molecular flexibility index (Phi) is 4.48. The molecule has 0 aliphatic carbocycles. The average molecular weight is 366 g/mol. The molecule has 0 spiro atoms. The van der Waals surface area contributed by atoms with Gasteiger partial charge >= 0.3 is 11.8 Å². The van der Waals surface area contributed by atoms with E-state index in [-0.39, 0.29) is 0 Å². The molecule has 2 aliphatic heterocycles. The molecule has 0 radical (unpaired) electrons. The van der Waals surface area contributed by atoms with Gasteiger partial charge in [-0.2, -0.15) is 0 Å². The summed E-state index contributed by atoms with van der Waals surface area (Å²) in [7, 11) is 3.19. The van der Waals surface area contributed by atoms with Crippen molar-refractivity contribution in [2.75, 3.05) is 32.2 Å². The number of hydrogen-bond acceptors (Lipinski definition) is 4. The van der Waals surface area contributed by atoms with Gasteiger partial charge in [0.15, 0.2) is 11.5 Å². The Labute approximate surface area is 158 Å². The number of para-hydroxylation sites is 1. The smallest absolute Gasteiger partial charge is 0.316 e. The third kappa shape index (κ3) is 3.01. The Bertz CT molecular complexity index is 909. The quantitative estimate of drug-likeness (QED) is 0.765. The van der Waals surface area contributed by atoms with Crippen molar-refractivity contribution in [3.63, 3.8) is 0 Å². The van der Waals surface area contributed by atoms with Gasteiger partial charge in [-0.15, -0.1) is 0 Å². The van der Waals surface area contributed by atoms with Crippen LogP contribution in [0, 0.1) is 0 Å². The fraction of sp³-hybridized carbons (Fsp3) is 0.333. The predicted molar refractivity (Wildman–Crippen MR) is 101 cm³/mol. The lowest BCUT2D eigenvalue weighted by Gasteiger charge is -2.30. The van der Waals surface area contributed by atoms with Crippen molar-refractivity contribution in [3.8, 4) is 11.5 Å². The number of hydrogen-bond donors (Lipinski definition) is 0. The summed E-state index contributed by atoms with van der Waals surface area (Å²) in [6.07, 6.45) is 1.47. The Morgan fingerprint density at radius 2 is 1.52 bits per heavy atom. The van der Waals surface area contributed by atoms with E-state index in [4.69, 9.17) is 9.47 Å². The number of carbonyl (C=O) groups excluding carboxylic acids is 2. The summed E-state index contributed by atoms with van der Waals surface area (Å²) in [5.74, 6) is 0.405. The minimum absolute atomic E-state index is 0.399. The SMILES string of the molecule is COc1cc2c(cc1OC)CN(C(=O)C(=O)N1CCc3ccccc31)CC2. The zero-order valence-electron chi connectivity index (χ0n) is 15.5. The van der Waals surface area contributed by atoms with E-state index in [1.165, 1.54) is 0 Å². The summed E-state index contributed by atoms with van der Waals surface area (Å²) in [4.78, 5) is 28.9. The van der Waals surface area contributed by atoms with E-state index in [2.05, 4.69) is 0 Å². The Morgan fingerprint density at radius 1 is 0.852 bits per heavy atom. The molecule has 0 unspecified atom stereocenters. The number of amides is 2. The molecule has 2 aliphatic rings. The molecule has 6 heteroatoms. The van der Waals surface area contributed by atoms with Crippen LogP contribution < -0.4 is 14.4 Å². The number of rotatable bonds is 2. The summed E-state index contributed by atoms with van der Waals surface area (Å²) >= 11 is 0. The van der Waals surface area contributed by atoms with Crippen molar-refractivity contribution in [3.05, 3.63) is 53.1 Å². The van der Waals surface area contributed by atoms with Gasteiger partial charge in [-0.05, 0) is 47.7 Å². The van der Waals surface area contributed by atoms with Gasteiger partial charge in [0, 0.05) is 25.3 Å². The van der Waals surface area contributed by atoms with Gasteiger partial charge in [0.2, 0.25) is 0 Å². The Balaban J connectivity index is 1.54. The van der Waals surface area contributed by atoms with E-state index in [1.54, 1.807) is 24.0 Å². The molecule has 2 aromatic rings. The molecule has 2 aromatic carbocycles. The maximum Gasteiger partial charge on any atom is 0.316 e. The highest BCUT2D eigenvalue weighted by Crippen LogP contribution is 2.33. The van der Waals surface area contributed by atoms with Crippen LogP contribution in [0.2, 0.25) is 0 Å². The first-order chi connectivity index (χ1) is 13.1. The number of methoxy groups -OCH3 is 2. The summed E-state index contributed by atoms with van der Waals surface area (Å²) in [5.41, 5.74) is 4.07. The van der Waals surface area contributed by atoms with E-state index in [0.717, 1.165) is 28.8 Å². The molecule has 0 N–H and O–H groups in total. The molecule has 2 heterocycles. The van der Waals surface area contributed by atoms with Crippen LogP contribution in [0.5, 0.6) is 11.5 Å². The number of ether oxygens (including phenoxy) is 2. The minimum atomic E-state index is -0.455. The molecular formula is C21H22N2O4. The normalized spacial score (nSPS) is 15.2. The largest absolute Gasteiger partial charge is 0.493 e. The summed E-state index contributed by atoms with van der Waals surface area (Å²) < 4.78 is 10.7. The lowest BCUT2D eigenvalue weighted by molar-refractivity contribution is -0.145. The average Bonchev–Trinajstić information content (AvgIpc) is 3.15. The first kappa shape index (κ1) is 17.4. The molecule has 4 rings (SSSR count). The standard InChI is InChI=1S/C21H22N2O4/c1-26-18-11-15-7-9-22(13-16(15)12-19(18)27-2)20(24)21(25)23-10-8-14-5-3-4-6-17(14)23/h3-6,11-12H,7-10,13H2,1-2H3. The number of carbonyl (C=O) groups is 2. The molecule has 0 saturated carbocycles. The number of nitrogens with zero attached hydrogens (tertiary/aromatic N) is 2. The van der Waals surface area contributed by atoms with Gasteiger partial charge < -0.3 is 19.3 Å². The molecule has 0 saturated heterocycles. The van der Waals surface area contributed by atoms with Gasteiger partial charge in [-0.1, -0.05) is 18.2 Å². The van der Waals surface area contributed by atoms with Gasteiger partial charge in [0.05, 0.1) is 14.2 Å². The molecule has 27 heavy (non-hydrogen) atoms. The molecule has 2 amide bonds. The Morgan fingerprint density at radius 3 is 2.26 bits per heavy atom. The van der Waals surface area contributed by atoms with E-state index in [9.17, 15) is 9.59 Å². The van der Waals surface area contributed by atoms with Crippen molar-refractivity contribution in [1.29, 1.82) is 0 Å². The number of benzene rings is 2. The number of anilines is 1. The summed E-state index contributed by atoms with van der Waals surface area (Å²) in [6.45, 7) is 1.47. The maximum atomic E-state index is 12.9. The van der Waals surface area contributed by atoms with E-state index in [1.807, 2.05) is 36.4 Å². The Hall–Kier alpha value is -3.02. The van der Waals surface area contributed by atoms with Crippen LogP contribution in [-0.2, 0) is 29.0 Å². The zero-order valence-corrected chi connectivity index (χ0v) is 15.5. The molecular weight excluding hydrogens is 344 g/mol. The lowest BCUT2D eigenvalue weighted by atomic mass is 9.98. The predicted octanol–water partition coefficient (Wildman–Crippen LogP) is 2.18. The summed E-state index contributed by atoms with van der Waals surface area (Å²) in [5, 5.41) is 0. The molecule has 0 atom stereocenters. The fourth-order valence-corrected chi connectivity index (χ4v) is 3.86. The van der Waals surface area contributed by atoms with Crippen LogP contribution in [0.4, 0.5) is 5.69 Å². The van der Waals surface area contributed by atoms with Crippen molar-refractivity contribution in [1.82, 2.24) is 4.90 Å². The second kappa shape index (κ2) is 6.95. The zero-order chi connectivity index (χ0) is 19.0. The molecule has 0 bridgehead atoms. The van der Waals surface area contributed by atoms with Crippen LogP contribution in [0.1, 0.15) is 16.7 Å². The van der Waals surface area contributed by atoms with Crippen molar-refractivity contribution in [2.24, 2.45) is 0 Å². The third-order valence-electron chi connectivity index (χ3n) is 5.32. The number of fused-ring (bicyclic) bond motifs is 2. The topological polar surface area (TPSA) is 59.1 Å². The van der Waals surface area contributed by atoms with Crippen LogP contribution in [0.25, 0.3) is 0 Å². The molecule has 6 nitrogen and oxygen atoms in total. The fourth-order valence-electron chi connectivity index (χ4n) is 3.86. The lowest BCUT2D eigenvalue weighted by Crippen LogP contribution is -2.46. The van der Waals surface area contributed by atoms with E-state index < -0.39 is 11.8 Å². The molecule has 0 fully saturated rings. The van der Waals surface area contributed by atoms with Crippen LogP contribution in [0.15, 0.2) is 36.4 Å². The van der Waals surface area contributed by atoms with Crippen molar-refractivity contribution < 1.29 is 19.1 Å². The summed E-state index contributed by atoms with van der Waals surface area (Å²) in [6, 6.07) is 11.6. The minimum Gasteiger partial charge on any atom is -0.493 e. The molecule has 0 aromatic heterocycles. The van der Waals surface area contributed by atoms with Crippen LogP contribution in [0.3, 0.4) is 0 Å². The van der Waals surface area contributed by atoms with E-state index >= 15 is 0 Å². The highest BCUT2D eigenvalue weighted by molar-refractivity contribution is 6.40. The second-order valence-electron chi connectivity index (χ2n) is 6.79. The van der Waals surface area contributed by atoms with Crippen LogP contribution in [-0.4, -0.2) is 44.0 Å². The van der Waals surface area contributed by atoms with Gasteiger partial charge in [-0.25, -0.2) is 0 Å². The molecule has 140 valence electrons. The second-order valence-corrected chi connectivity index (χ2v) is 6.79. The van der Waals surface area contributed by atoms with Crippen molar-refractivity contribution in [2.45, 2.75) is 19.4 Å². The maximum absolute atomic E-state index is 12.9. The van der Waals surface area contributed by atoms with Crippen LogP contribution >= 0.6 is 0 Å². The van der Waals surface area contributed by atoms with Gasteiger partial charge in [0.25, 0.3) is 0 Å². The first-order valence-electron chi connectivity index (χ1n) is 9.05. The van der Waals surface area contributed by atoms with Gasteiger partial charge in [0.1, 0.15) is 0 Å². The van der Waals surface area contributed by atoms with Crippen molar-refractivity contribution >= 4 is 17.5 Å².